The normalized spacial score (nSPS) is 9.52. The van der Waals surface area contributed by atoms with Crippen molar-refractivity contribution in [3.63, 3.8) is 0 Å². The van der Waals surface area contributed by atoms with Crippen LogP contribution in [0.3, 0.4) is 0 Å². The van der Waals surface area contributed by atoms with E-state index >= 15 is 0 Å². The molecule has 0 radical (unpaired) electrons. The topological polar surface area (TPSA) is 68.8 Å². The maximum atomic E-state index is 11.8. The lowest BCUT2D eigenvalue weighted by Gasteiger charge is -2.14. The zero-order valence-corrected chi connectivity index (χ0v) is 13.6. The molecule has 1 aromatic rings. The van der Waals surface area contributed by atoms with E-state index in [0.29, 0.717) is 23.8 Å². The highest BCUT2D eigenvalue weighted by Crippen LogP contribution is 2.38. The van der Waals surface area contributed by atoms with Crippen LogP contribution in [0.4, 0.5) is 0 Å². The summed E-state index contributed by atoms with van der Waals surface area (Å²) < 4.78 is 15.7. The first-order valence-corrected chi connectivity index (χ1v) is 6.36. The van der Waals surface area contributed by atoms with E-state index in [1.165, 1.54) is 0 Å². The van der Waals surface area contributed by atoms with Crippen LogP contribution in [0.5, 0.6) is 17.2 Å². The molecule has 0 aliphatic rings. The number of nitrogens with one attached hydrogen (secondary N) is 2. The number of carbonyl (C=O) groups is 1. The Bertz CT molecular complexity index is 430. The van der Waals surface area contributed by atoms with Crippen LogP contribution in [0.2, 0.25) is 0 Å². The lowest BCUT2D eigenvalue weighted by molar-refractivity contribution is -0.120. The van der Waals surface area contributed by atoms with Gasteiger partial charge in [0.05, 0.1) is 27.8 Å². The van der Waals surface area contributed by atoms with Crippen LogP contribution in [0.1, 0.15) is 5.56 Å². The number of amides is 1. The Balaban J connectivity index is 0.00000400. The second kappa shape index (κ2) is 10.1. The Kier molecular flexibility index (Phi) is 9.32. The minimum absolute atomic E-state index is 0. The lowest BCUT2D eigenvalue weighted by atomic mass is 10.1. The molecule has 0 saturated heterocycles. The number of likely N-dealkylation sites (N-methyl/N-ethyl adjacent to an activating group) is 1. The van der Waals surface area contributed by atoms with Gasteiger partial charge in [-0.1, -0.05) is 0 Å². The summed E-state index contributed by atoms with van der Waals surface area (Å²) in [5.74, 6) is 1.57. The van der Waals surface area contributed by atoms with Gasteiger partial charge in [-0.25, -0.2) is 0 Å². The molecule has 0 saturated carbocycles. The first-order valence-electron chi connectivity index (χ1n) is 6.36. The van der Waals surface area contributed by atoms with Crippen LogP contribution in [-0.4, -0.2) is 47.4 Å². The van der Waals surface area contributed by atoms with Crippen molar-refractivity contribution in [2.24, 2.45) is 0 Å². The van der Waals surface area contributed by atoms with Crippen LogP contribution >= 0.6 is 12.4 Å². The van der Waals surface area contributed by atoms with Gasteiger partial charge in [-0.05, 0) is 24.7 Å². The highest BCUT2D eigenvalue weighted by Gasteiger charge is 2.14. The molecular formula is C14H23ClN2O4. The molecule has 120 valence electrons. The highest BCUT2D eigenvalue weighted by molar-refractivity contribution is 5.85. The molecular weight excluding hydrogens is 296 g/mol. The van der Waals surface area contributed by atoms with Crippen LogP contribution in [0, 0.1) is 0 Å². The fourth-order valence-electron chi connectivity index (χ4n) is 1.81. The number of benzene rings is 1. The Labute approximate surface area is 131 Å². The number of methoxy groups -OCH3 is 3. The van der Waals surface area contributed by atoms with E-state index in [2.05, 4.69) is 10.6 Å². The molecule has 1 amide bonds. The average Bonchev–Trinajstić information content (AvgIpc) is 2.46. The number of hydrogen-bond acceptors (Lipinski definition) is 5. The van der Waals surface area contributed by atoms with Gasteiger partial charge >= 0.3 is 0 Å². The molecule has 0 spiro atoms. The molecule has 1 aromatic carbocycles. The van der Waals surface area contributed by atoms with Gasteiger partial charge in [0, 0.05) is 13.1 Å². The third-order valence-corrected chi connectivity index (χ3v) is 2.79. The summed E-state index contributed by atoms with van der Waals surface area (Å²) in [4.78, 5) is 11.8. The van der Waals surface area contributed by atoms with Crippen molar-refractivity contribution >= 4 is 18.3 Å². The Morgan fingerprint density at radius 2 is 1.62 bits per heavy atom. The van der Waals surface area contributed by atoms with E-state index in [0.717, 1.165) is 12.1 Å². The van der Waals surface area contributed by atoms with Crippen molar-refractivity contribution in [2.75, 3.05) is 41.5 Å². The summed E-state index contributed by atoms with van der Waals surface area (Å²) in [6, 6.07) is 3.55. The smallest absolute Gasteiger partial charge is 0.224 e. The molecule has 0 unspecified atom stereocenters. The van der Waals surface area contributed by atoms with Gasteiger partial charge in [0.1, 0.15) is 0 Å². The fraction of sp³-hybridized carbons (Fsp3) is 0.500. The van der Waals surface area contributed by atoms with Crippen molar-refractivity contribution < 1.29 is 19.0 Å². The SMILES string of the molecule is CNCCNC(=O)Cc1cc(OC)c(OC)c(OC)c1.Cl. The largest absolute Gasteiger partial charge is 0.493 e. The molecule has 0 aliphatic heterocycles. The molecule has 0 heterocycles. The predicted octanol–water partition coefficient (Wildman–Crippen LogP) is 1.01. The number of hydrogen-bond donors (Lipinski definition) is 2. The lowest BCUT2D eigenvalue weighted by Crippen LogP contribution is -2.31. The molecule has 21 heavy (non-hydrogen) atoms. The second-order valence-electron chi connectivity index (χ2n) is 4.16. The highest BCUT2D eigenvalue weighted by atomic mass is 35.5. The van der Waals surface area contributed by atoms with Crippen LogP contribution < -0.4 is 24.8 Å². The standard InChI is InChI=1S/C14H22N2O4.ClH/c1-15-5-6-16-13(17)9-10-7-11(18-2)14(20-4)12(8-10)19-3;/h7-8,15H,5-6,9H2,1-4H3,(H,16,17);1H. The zero-order chi connectivity index (χ0) is 15.0. The van der Waals surface area contributed by atoms with Crippen LogP contribution in [0.25, 0.3) is 0 Å². The molecule has 0 bridgehead atoms. The Hall–Kier alpha value is -1.66. The van der Waals surface area contributed by atoms with Crippen LogP contribution in [0.15, 0.2) is 12.1 Å². The van der Waals surface area contributed by atoms with Crippen molar-refractivity contribution in [1.29, 1.82) is 0 Å². The second-order valence-corrected chi connectivity index (χ2v) is 4.16. The van der Waals surface area contributed by atoms with Crippen molar-refractivity contribution in [3.8, 4) is 17.2 Å². The number of halogens is 1. The molecule has 6 nitrogen and oxygen atoms in total. The van der Waals surface area contributed by atoms with Gasteiger partial charge in [-0.2, -0.15) is 0 Å². The van der Waals surface area contributed by atoms with Crippen molar-refractivity contribution in [2.45, 2.75) is 6.42 Å². The summed E-state index contributed by atoms with van der Waals surface area (Å²) in [5.41, 5.74) is 0.807. The third-order valence-electron chi connectivity index (χ3n) is 2.79. The molecule has 1 rings (SSSR count). The molecule has 0 aromatic heterocycles. The average molecular weight is 319 g/mol. The molecule has 7 heteroatoms. The molecule has 2 N–H and O–H groups in total. The van der Waals surface area contributed by atoms with Gasteiger partial charge in [-0.3, -0.25) is 4.79 Å². The quantitative estimate of drug-likeness (QED) is 0.700. The van der Waals surface area contributed by atoms with Crippen molar-refractivity contribution in [1.82, 2.24) is 10.6 Å². The molecule has 0 atom stereocenters. The van der Waals surface area contributed by atoms with E-state index in [-0.39, 0.29) is 24.7 Å². The van der Waals surface area contributed by atoms with Gasteiger partial charge < -0.3 is 24.8 Å². The maximum Gasteiger partial charge on any atom is 0.224 e. The summed E-state index contributed by atoms with van der Waals surface area (Å²) in [6.45, 7) is 1.33. The predicted molar refractivity (Wildman–Crippen MR) is 84.0 cm³/mol. The monoisotopic (exact) mass is 318 g/mol. The minimum atomic E-state index is -0.0467. The fourth-order valence-corrected chi connectivity index (χ4v) is 1.81. The molecule has 0 fully saturated rings. The third kappa shape index (κ3) is 5.69. The van der Waals surface area contributed by atoms with E-state index in [1.54, 1.807) is 33.5 Å². The van der Waals surface area contributed by atoms with Gasteiger partial charge in [0.15, 0.2) is 11.5 Å². The van der Waals surface area contributed by atoms with Crippen LogP contribution in [-0.2, 0) is 11.2 Å². The van der Waals surface area contributed by atoms with E-state index < -0.39 is 0 Å². The van der Waals surface area contributed by atoms with Gasteiger partial charge in [0.25, 0.3) is 0 Å². The Morgan fingerprint density at radius 1 is 1.05 bits per heavy atom. The van der Waals surface area contributed by atoms with Gasteiger partial charge in [0.2, 0.25) is 11.7 Å². The number of carbonyl (C=O) groups excluding carboxylic acids is 1. The van der Waals surface area contributed by atoms with Crippen molar-refractivity contribution in [3.05, 3.63) is 17.7 Å². The summed E-state index contributed by atoms with van der Waals surface area (Å²) in [7, 11) is 6.48. The summed E-state index contributed by atoms with van der Waals surface area (Å²) >= 11 is 0. The molecule has 0 aliphatic carbocycles. The van der Waals surface area contributed by atoms with E-state index in [1.807, 2.05) is 7.05 Å². The Morgan fingerprint density at radius 3 is 2.05 bits per heavy atom. The maximum absolute atomic E-state index is 11.8. The van der Waals surface area contributed by atoms with Gasteiger partial charge in [-0.15, -0.1) is 12.4 Å². The number of rotatable bonds is 8. The zero-order valence-electron chi connectivity index (χ0n) is 12.8. The van der Waals surface area contributed by atoms with E-state index in [9.17, 15) is 4.79 Å². The first kappa shape index (κ1) is 19.3. The first-order chi connectivity index (χ1) is 9.65. The summed E-state index contributed by atoms with van der Waals surface area (Å²) in [6.07, 6.45) is 0.264. The number of ether oxygens (including phenoxy) is 3. The minimum Gasteiger partial charge on any atom is -0.493 e. The van der Waals surface area contributed by atoms with E-state index in [4.69, 9.17) is 14.2 Å². The summed E-state index contributed by atoms with van der Waals surface area (Å²) in [5, 5.41) is 5.79.